The Labute approximate surface area is 245 Å². The van der Waals surface area contributed by atoms with Crippen LogP contribution in [0.4, 0.5) is 0 Å². The van der Waals surface area contributed by atoms with E-state index in [1.807, 2.05) is 29.5 Å². The van der Waals surface area contributed by atoms with Crippen LogP contribution in [0.25, 0.3) is 65.2 Å². The molecule has 3 heteroatoms. The van der Waals surface area contributed by atoms with Gasteiger partial charge in [-0.1, -0.05) is 136 Å². The highest BCUT2D eigenvalue weighted by atomic mass is 32.1. The minimum atomic E-state index is 0.0277. The summed E-state index contributed by atoms with van der Waals surface area (Å²) in [6, 6.07) is 45.0. The van der Waals surface area contributed by atoms with Crippen LogP contribution in [0.3, 0.4) is 0 Å². The van der Waals surface area contributed by atoms with E-state index in [1.54, 1.807) is 0 Å². The van der Waals surface area contributed by atoms with Crippen molar-refractivity contribution < 1.29 is 0 Å². The van der Waals surface area contributed by atoms with Gasteiger partial charge in [-0.25, -0.2) is 9.97 Å². The maximum absolute atomic E-state index is 5.23. The highest BCUT2D eigenvalue weighted by Crippen LogP contribution is 2.43. The Hall–Kier alpha value is -4.60. The van der Waals surface area contributed by atoms with Gasteiger partial charge in [-0.15, -0.1) is 11.3 Å². The predicted molar refractivity (Wildman–Crippen MR) is 175 cm³/mol. The number of thiophene rings is 1. The minimum Gasteiger partial charge on any atom is -0.226 e. The molecule has 0 spiro atoms. The summed E-state index contributed by atoms with van der Waals surface area (Å²) < 4.78 is 2.43. The van der Waals surface area contributed by atoms with Gasteiger partial charge in [0.25, 0.3) is 0 Å². The van der Waals surface area contributed by atoms with Gasteiger partial charge in [-0.2, -0.15) is 0 Å². The van der Waals surface area contributed by atoms with Crippen LogP contribution in [0.2, 0.25) is 0 Å². The molecule has 5 aromatic carbocycles. The maximum Gasteiger partial charge on any atom is 0.160 e. The zero-order valence-corrected chi connectivity index (χ0v) is 24.2. The van der Waals surface area contributed by atoms with Crippen LogP contribution in [-0.2, 0) is 5.41 Å². The number of nitrogens with zero attached hydrogens (tertiary/aromatic N) is 2. The van der Waals surface area contributed by atoms with Crippen molar-refractivity contribution in [1.82, 2.24) is 9.97 Å². The van der Waals surface area contributed by atoms with Crippen LogP contribution in [-0.4, -0.2) is 9.97 Å². The Kier molecular flexibility index (Phi) is 6.25. The molecule has 2 nitrogen and oxygen atoms in total. The summed E-state index contributed by atoms with van der Waals surface area (Å²) in [6.07, 6.45) is 0. The molecule has 0 aliphatic rings. The van der Waals surface area contributed by atoms with E-state index >= 15 is 0 Å². The van der Waals surface area contributed by atoms with E-state index in [0.29, 0.717) is 0 Å². The number of rotatable bonds is 4. The summed E-state index contributed by atoms with van der Waals surface area (Å²) in [5.74, 6) is 0.755. The molecule has 0 fully saturated rings. The first-order chi connectivity index (χ1) is 20.0. The molecule has 0 saturated heterocycles. The van der Waals surface area contributed by atoms with Crippen LogP contribution >= 0.6 is 11.3 Å². The fourth-order valence-electron chi connectivity index (χ4n) is 5.52. The highest BCUT2D eigenvalue weighted by Gasteiger charge is 2.22. The van der Waals surface area contributed by atoms with Crippen molar-refractivity contribution in [3.63, 3.8) is 0 Å². The van der Waals surface area contributed by atoms with Crippen LogP contribution in [0.1, 0.15) is 26.3 Å². The standard InChI is InChI=1S/C38H30N2S/c1-38(2,3)32-22-12-21-31-34-36(41-35(31)32)33(39-37(40-34)26-15-8-5-9-16-26)30-20-11-19-29(24-30)28-18-10-17-27(23-28)25-13-6-4-7-14-25/h4-24H,1-3H3. The molecule has 198 valence electrons. The Morgan fingerprint density at radius 3 is 1.68 bits per heavy atom. The summed E-state index contributed by atoms with van der Waals surface area (Å²) >= 11 is 1.82. The molecule has 2 heterocycles. The Morgan fingerprint density at radius 2 is 1.02 bits per heavy atom. The van der Waals surface area contributed by atoms with Crippen molar-refractivity contribution in [3.8, 4) is 44.9 Å². The number of fused-ring (bicyclic) bond motifs is 3. The summed E-state index contributed by atoms with van der Waals surface area (Å²) in [5, 5.41) is 1.20. The van der Waals surface area contributed by atoms with Crippen molar-refractivity contribution in [3.05, 3.63) is 133 Å². The third-order valence-corrected chi connectivity index (χ3v) is 8.85. The third kappa shape index (κ3) is 4.73. The average molecular weight is 547 g/mol. The predicted octanol–water partition coefficient (Wildman–Crippen LogP) is 10.8. The first-order valence-corrected chi connectivity index (χ1v) is 14.8. The molecule has 7 rings (SSSR count). The summed E-state index contributed by atoms with van der Waals surface area (Å²) in [6.45, 7) is 6.84. The lowest BCUT2D eigenvalue weighted by Crippen LogP contribution is -2.10. The summed E-state index contributed by atoms with van der Waals surface area (Å²) in [4.78, 5) is 10.4. The lowest BCUT2D eigenvalue weighted by atomic mass is 9.86. The van der Waals surface area contributed by atoms with Crippen molar-refractivity contribution in [2.45, 2.75) is 26.2 Å². The number of benzene rings is 5. The Bertz CT molecular complexity index is 2020. The smallest absolute Gasteiger partial charge is 0.160 e. The van der Waals surface area contributed by atoms with E-state index in [4.69, 9.17) is 9.97 Å². The summed E-state index contributed by atoms with van der Waals surface area (Å²) in [5.41, 5.74) is 10.3. The monoisotopic (exact) mass is 546 g/mol. The van der Waals surface area contributed by atoms with Crippen molar-refractivity contribution in [2.24, 2.45) is 0 Å². The second-order valence-corrected chi connectivity index (χ2v) is 12.5. The zero-order valence-electron chi connectivity index (χ0n) is 23.4. The lowest BCUT2D eigenvalue weighted by molar-refractivity contribution is 0.597. The van der Waals surface area contributed by atoms with E-state index in [-0.39, 0.29) is 5.41 Å². The highest BCUT2D eigenvalue weighted by molar-refractivity contribution is 7.26. The minimum absolute atomic E-state index is 0.0277. The lowest BCUT2D eigenvalue weighted by Gasteiger charge is -2.19. The van der Waals surface area contributed by atoms with Crippen LogP contribution in [0.5, 0.6) is 0 Å². The Morgan fingerprint density at radius 1 is 0.488 bits per heavy atom. The first-order valence-electron chi connectivity index (χ1n) is 14.0. The van der Waals surface area contributed by atoms with E-state index in [2.05, 4.69) is 130 Å². The van der Waals surface area contributed by atoms with Gasteiger partial charge in [0.1, 0.15) is 0 Å². The molecule has 0 aliphatic carbocycles. The van der Waals surface area contributed by atoms with Gasteiger partial charge in [-0.05, 0) is 45.4 Å². The molecule has 0 bridgehead atoms. The van der Waals surface area contributed by atoms with Crippen molar-refractivity contribution in [2.75, 3.05) is 0 Å². The van der Waals surface area contributed by atoms with E-state index in [9.17, 15) is 0 Å². The van der Waals surface area contributed by atoms with Gasteiger partial charge in [0.2, 0.25) is 0 Å². The van der Waals surface area contributed by atoms with Gasteiger partial charge in [0.05, 0.1) is 15.9 Å². The molecular weight excluding hydrogens is 516 g/mol. The van der Waals surface area contributed by atoms with Gasteiger partial charge < -0.3 is 0 Å². The van der Waals surface area contributed by atoms with Gasteiger partial charge in [0, 0.05) is 21.2 Å². The van der Waals surface area contributed by atoms with E-state index < -0.39 is 0 Å². The normalized spacial score (nSPS) is 11.8. The largest absolute Gasteiger partial charge is 0.226 e. The molecular formula is C38H30N2S. The quantitative estimate of drug-likeness (QED) is 0.219. The third-order valence-electron chi connectivity index (χ3n) is 7.62. The second-order valence-electron chi connectivity index (χ2n) is 11.5. The van der Waals surface area contributed by atoms with Crippen molar-refractivity contribution >= 4 is 31.6 Å². The van der Waals surface area contributed by atoms with E-state index in [0.717, 1.165) is 32.9 Å². The Balaban J connectivity index is 1.45. The SMILES string of the molecule is CC(C)(C)c1cccc2c1sc1c(-c3cccc(-c4cccc(-c5ccccc5)c4)c3)nc(-c3ccccc3)nc12. The fraction of sp³-hybridized carbons (Fsp3) is 0.105. The molecule has 0 N–H and O–H groups in total. The molecule has 0 unspecified atom stereocenters. The number of aromatic nitrogens is 2. The topological polar surface area (TPSA) is 25.8 Å². The molecule has 0 saturated carbocycles. The second kappa shape index (κ2) is 10.1. The van der Waals surface area contributed by atoms with Crippen LogP contribution < -0.4 is 0 Å². The van der Waals surface area contributed by atoms with Gasteiger partial charge >= 0.3 is 0 Å². The molecule has 2 aromatic heterocycles. The molecule has 0 atom stereocenters. The zero-order chi connectivity index (χ0) is 28.0. The van der Waals surface area contributed by atoms with Gasteiger partial charge in [-0.3, -0.25) is 0 Å². The number of hydrogen-bond donors (Lipinski definition) is 0. The van der Waals surface area contributed by atoms with E-state index in [1.165, 1.54) is 37.9 Å². The number of hydrogen-bond acceptors (Lipinski definition) is 3. The molecule has 0 aliphatic heterocycles. The van der Waals surface area contributed by atoms with Crippen LogP contribution in [0.15, 0.2) is 127 Å². The first kappa shape index (κ1) is 25.4. The average Bonchev–Trinajstić information content (AvgIpc) is 3.40. The van der Waals surface area contributed by atoms with Crippen LogP contribution in [0, 0.1) is 0 Å². The maximum atomic E-state index is 5.23. The van der Waals surface area contributed by atoms with Crippen molar-refractivity contribution in [1.29, 1.82) is 0 Å². The fourth-order valence-corrected chi connectivity index (χ4v) is 7.00. The molecule has 0 radical (unpaired) electrons. The molecule has 7 aromatic rings. The summed E-state index contributed by atoms with van der Waals surface area (Å²) in [7, 11) is 0. The van der Waals surface area contributed by atoms with Gasteiger partial charge in [0.15, 0.2) is 5.82 Å². The molecule has 41 heavy (non-hydrogen) atoms. The molecule has 0 amide bonds.